The normalized spacial score (nSPS) is 25.5. The molecule has 0 bridgehead atoms. The van der Waals surface area contributed by atoms with Gasteiger partial charge in [-0.1, -0.05) is 24.3 Å². The Balaban J connectivity index is 2.55. The van der Waals surface area contributed by atoms with Crippen molar-refractivity contribution < 1.29 is 15.0 Å². The first kappa shape index (κ1) is 9.21. The molecule has 14 heavy (non-hydrogen) atoms. The van der Waals surface area contributed by atoms with Gasteiger partial charge in [0.25, 0.3) is 0 Å². The van der Waals surface area contributed by atoms with Gasteiger partial charge in [-0.15, -0.1) is 0 Å². The van der Waals surface area contributed by atoms with E-state index in [0.29, 0.717) is 12.0 Å². The summed E-state index contributed by atoms with van der Waals surface area (Å²) in [4.78, 5) is 11.0. The third-order valence-electron chi connectivity index (χ3n) is 2.80. The summed E-state index contributed by atoms with van der Waals surface area (Å²) in [5.41, 5.74) is -0.170. The van der Waals surface area contributed by atoms with Gasteiger partial charge in [0.2, 0.25) is 0 Å². The molecule has 0 aliphatic heterocycles. The van der Waals surface area contributed by atoms with Gasteiger partial charge in [-0.25, -0.2) is 4.79 Å². The highest BCUT2D eigenvalue weighted by Crippen LogP contribution is 2.35. The molecule has 1 aromatic carbocycles. The topological polar surface area (TPSA) is 57.5 Å². The Kier molecular flexibility index (Phi) is 2.04. The summed E-state index contributed by atoms with van der Waals surface area (Å²) in [6, 6.07) is 7.20. The standard InChI is InChI=1S/C11H12O3/c12-10(13)11(14)7-3-5-8-4-1-2-6-9(8)11/h1-2,4,6,14H,3,5,7H2,(H,12,13). The maximum absolute atomic E-state index is 11.0. The number of carbonyl (C=O) groups is 1. The Morgan fingerprint density at radius 3 is 2.79 bits per heavy atom. The fourth-order valence-electron chi connectivity index (χ4n) is 2.03. The molecule has 3 nitrogen and oxygen atoms in total. The van der Waals surface area contributed by atoms with Crippen LogP contribution in [0.5, 0.6) is 0 Å². The summed E-state index contributed by atoms with van der Waals surface area (Å²) in [5, 5.41) is 19.0. The molecular formula is C11H12O3. The van der Waals surface area contributed by atoms with Crippen LogP contribution in [0.4, 0.5) is 0 Å². The molecule has 0 saturated carbocycles. The lowest BCUT2D eigenvalue weighted by molar-refractivity contribution is -0.161. The number of hydrogen-bond donors (Lipinski definition) is 2. The number of rotatable bonds is 1. The van der Waals surface area contributed by atoms with Crippen molar-refractivity contribution in [2.24, 2.45) is 0 Å². The maximum atomic E-state index is 11.0. The molecule has 0 saturated heterocycles. The number of carboxylic acids is 1. The molecule has 2 rings (SSSR count). The highest BCUT2D eigenvalue weighted by atomic mass is 16.4. The Morgan fingerprint density at radius 1 is 1.36 bits per heavy atom. The van der Waals surface area contributed by atoms with Crippen LogP contribution >= 0.6 is 0 Å². The van der Waals surface area contributed by atoms with Crippen LogP contribution in [0.2, 0.25) is 0 Å². The first-order valence-electron chi connectivity index (χ1n) is 4.69. The van der Waals surface area contributed by atoms with E-state index < -0.39 is 11.6 Å². The summed E-state index contributed by atoms with van der Waals surface area (Å²) >= 11 is 0. The molecule has 0 fully saturated rings. The molecule has 0 amide bonds. The van der Waals surface area contributed by atoms with Gasteiger partial charge in [-0.2, -0.15) is 0 Å². The van der Waals surface area contributed by atoms with Crippen molar-refractivity contribution in [3.8, 4) is 0 Å². The molecule has 2 N–H and O–H groups in total. The van der Waals surface area contributed by atoms with Gasteiger partial charge in [-0.3, -0.25) is 0 Å². The maximum Gasteiger partial charge on any atom is 0.340 e. The number of aliphatic carboxylic acids is 1. The van der Waals surface area contributed by atoms with Crippen LogP contribution in [0.3, 0.4) is 0 Å². The van der Waals surface area contributed by atoms with Gasteiger partial charge in [0.05, 0.1) is 0 Å². The number of benzene rings is 1. The molecule has 1 aliphatic carbocycles. The smallest absolute Gasteiger partial charge is 0.340 e. The summed E-state index contributed by atoms with van der Waals surface area (Å²) in [6.45, 7) is 0. The van der Waals surface area contributed by atoms with Crippen LogP contribution in [0.1, 0.15) is 24.0 Å². The Bertz CT molecular complexity index is 373. The van der Waals surface area contributed by atoms with Gasteiger partial charge in [-0.05, 0) is 30.4 Å². The number of aryl methyl sites for hydroxylation is 1. The van der Waals surface area contributed by atoms with E-state index >= 15 is 0 Å². The molecule has 1 atom stereocenters. The van der Waals surface area contributed by atoms with E-state index in [1.165, 1.54) is 0 Å². The molecule has 3 heteroatoms. The first-order valence-corrected chi connectivity index (χ1v) is 4.69. The SMILES string of the molecule is O=C(O)C1(O)CCCc2ccccc21. The van der Waals surface area contributed by atoms with Crippen molar-refractivity contribution >= 4 is 5.97 Å². The lowest BCUT2D eigenvalue weighted by Gasteiger charge is -2.30. The summed E-state index contributed by atoms with van der Waals surface area (Å²) in [6.07, 6.45) is 1.88. The number of aliphatic hydroxyl groups is 1. The van der Waals surface area contributed by atoms with Crippen molar-refractivity contribution in [2.75, 3.05) is 0 Å². The van der Waals surface area contributed by atoms with Crippen molar-refractivity contribution in [1.82, 2.24) is 0 Å². The minimum absolute atomic E-state index is 0.305. The molecule has 0 heterocycles. The predicted octanol–water partition coefficient (Wildman–Crippen LogP) is 1.30. The Labute approximate surface area is 82.0 Å². The van der Waals surface area contributed by atoms with E-state index in [4.69, 9.17) is 5.11 Å². The minimum atomic E-state index is -1.67. The van der Waals surface area contributed by atoms with Gasteiger partial charge < -0.3 is 10.2 Å². The zero-order valence-electron chi connectivity index (χ0n) is 7.73. The van der Waals surface area contributed by atoms with Crippen LogP contribution in [0.25, 0.3) is 0 Å². The van der Waals surface area contributed by atoms with E-state index in [9.17, 15) is 9.90 Å². The third-order valence-corrected chi connectivity index (χ3v) is 2.80. The molecule has 74 valence electrons. The third kappa shape index (κ3) is 1.21. The quantitative estimate of drug-likeness (QED) is 0.705. The summed E-state index contributed by atoms with van der Waals surface area (Å²) in [5.74, 6) is -1.15. The van der Waals surface area contributed by atoms with Crippen molar-refractivity contribution in [3.63, 3.8) is 0 Å². The van der Waals surface area contributed by atoms with Gasteiger partial charge >= 0.3 is 5.97 Å². The van der Waals surface area contributed by atoms with Gasteiger partial charge in [0.15, 0.2) is 5.60 Å². The first-order chi connectivity index (χ1) is 6.64. The molecule has 0 aromatic heterocycles. The van der Waals surface area contributed by atoms with Crippen LogP contribution in [-0.2, 0) is 16.8 Å². The van der Waals surface area contributed by atoms with E-state index in [0.717, 1.165) is 18.4 Å². The van der Waals surface area contributed by atoms with Crippen molar-refractivity contribution in [3.05, 3.63) is 35.4 Å². The van der Waals surface area contributed by atoms with E-state index in [1.54, 1.807) is 12.1 Å². The van der Waals surface area contributed by atoms with E-state index in [2.05, 4.69) is 0 Å². The Hall–Kier alpha value is -1.35. The zero-order valence-corrected chi connectivity index (χ0v) is 7.73. The average Bonchev–Trinajstić information content (AvgIpc) is 2.18. The number of hydrogen-bond acceptors (Lipinski definition) is 2. The minimum Gasteiger partial charge on any atom is -0.479 e. The molecule has 1 aromatic rings. The Morgan fingerprint density at radius 2 is 2.07 bits per heavy atom. The lowest BCUT2D eigenvalue weighted by atomic mass is 9.79. The number of carboxylic acid groups (broad SMARTS) is 1. The zero-order chi connectivity index (χ0) is 10.2. The van der Waals surface area contributed by atoms with Crippen molar-refractivity contribution in [1.29, 1.82) is 0 Å². The monoisotopic (exact) mass is 192 g/mol. The fourth-order valence-corrected chi connectivity index (χ4v) is 2.03. The highest BCUT2D eigenvalue weighted by Gasteiger charge is 2.41. The molecule has 1 aliphatic rings. The second kappa shape index (κ2) is 3.10. The van der Waals surface area contributed by atoms with Crippen LogP contribution in [-0.4, -0.2) is 16.2 Å². The van der Waals surface area contributed by atoms with Gasteiger partial charge in [0, 0.05) is 0 Å². The summed E-state index contributed by atoms with van der Waals surface area (Å²) in [7, 11) is 0. The second-order valence-corrected chi connectivity index (χ2v) is 3.68. The van der Waals surface area contributed by atoms with Gasteiger partial charge in [0.1, 0.15) is 0 Å². The second-order valence-electron chi connectivity index (χ2n) is 3.68. The average molecular weight is 192 g/mol. The van der Waals surface area contributed by atoms with Crippen molar-refractivity contribution in [2.45, 2.75) is 24.9 Å². The summed E-state index contributed by atoms with van der Waals surface area (Å²) < 4.78 is 0. The van der Waals surface area contributed by atoms with Crippen LogP contribution in [0.15, 0.2) is 24.3 Å². The molecular weight excluding hydrogens is 180 g/mol. The van der Waals surface area contributed by atoms with E-state index in [-0.39, 0.29) is 0 Å². The predicted molar refractivity (Wildman–Crippen MR) is 50.9 cm³/mol. The highest BCUT2D eigenvalue weighted by molar-refractivity contribution is 5.80. The van der Waals surface area contributed by atoms with E-state index in [1.807, 2.05) is 12.1 Å². The van der Waals surface area contributed by atoms with Crippen LogP contribution < -0.4 is 0 Å². The fraction of sp³-hybridized carbons (Fsp3) is 0.364. The lowest BCUT2D eigenvalue weighted by Crippen LogP contribution is -2.38. The molecule has 0 radical (unpaired) electrons. The molecule has 0 spiro atoms. The molecule has 1 unspecified atom stereocenters. The number of fused-ring (bicyclic) bond motifs is 1. The van der Waals surface area contributed by atoms with Crippen LogP contribution in [0, 0.1) is 0 Å². The largest absolute Gasteiger partial charge is 0.479 e.